The van der Waals surface area contributed by atoms with Gasteiger partial charge < -0.3 is 14.6 Å². The minimum absolute atomic E-state index is 0.00264. The van der Waals surface area contributed by atoms with Crippen molar-refractivity contribution in [3.8, 4) is 0 Å². The number of aliphatic hydroxyl groups is 1. The summed E-state index contributed by atoms with van der Waals surface area (Å²) < 4.78 is 39.4. The standard InChI is InChI=1S/C15H28N2O5S2Si/c1-13(2,3)25(6,7)17-24(19,20)11-8-16-12(23-11)15(18)9-21-14(4,5)22-10-15/h8,17-18H,9-10H2,1-7H3. The predicted octanol–water partition coefficient (Wildman–Crippen LogP) is 2.40. The van der Waals surface area contributed by atoms with Crippen molar-refractivity contribution in [2.24, 2.45) is 0 Å². The number of hydrogen-bond acceptors (Lipinski definition) is 7. The highest BCUT2D eigenvalue weighted by atomic mass is 32.2. The molecular formula is C15H28N2O5S2Si. The highest BCUT2D eigenvalue weighted by Crippen LogP contribution is 2.37. The molecule has 2 N–H and O–H groups in total. The average molecular weight is 409 g/mol. The zero-order chi connectivity index (χ0) is 19.3. The second kappa shape index (κ2) is 6.36. The Labute approximate surface area is 154 Å². The highest BCUT2D eigenvalue weighted by molar-refractivity contribution is 7.93. The maximum Gasteiger partial charge on any atom is 0.245 e. The maximum atomic E-state index is 12.7. The molecule has 1 aliphatic heterocycles. The molecule has 0 atom stereocenters. The van der Waals surface area contributed by atoms with E-state index in [4.69, 9.17) is 9.47 Å². The summed E-state index contributed by atoms with van der Waals surface area (Å²) in [4.78, 5) is 4.12. The van der Waals surface area contributed by atoms with E-state index >= 15 is 0 Å². The normalized spacial score (nSPS) is 21.3. The van der Waals surface area contributed by atoms with E-state index in [9.17, 15) is 13.5 Å². The van der Waals surface area contributed by atoms with Crippen LogP contribution in [0.5, 0.6) is 0 Å². The first kappa shape index (κ1) is 20.9. The SMILES string of the molecule is CC1(C)OCC(O)(c2ncc(S(=O)(=O)N[Si](C)(C)C(C)(C)C)s2)CO1. The third-order valence-electron chi connectivity index (χ3n) is 4.73. The Morgan fingerprint density at radius 1 is 1.28 bits per heavy atom. The lowest BCUT2D eigenvalue weighted by Crippen LogP contribution is -2.54. The van der Waals surface area contributed by atoms with Gasteiger partial charge in [0.25, 0.3) is 0 Å². The van der Waals surface area contributed by atoms with E-state index in [-0.39, 0.29) is 27.5 Å². The summed E-state index contributed by atoms with van der Waals surface area (Å²) in [5.41, 5.74) is -1.44. The molecular weight excluding hydrogens is 380 g/mol. The highest BCUT2D eigenvalue weighted by Gasteiger charge is 2.44. The van der Waals surface area contributed by atoms with E-state index in [1.54, 1.807) is 13.8 Å². The lowest BCUT2D eigenvalue weighted by molar-refractivity contribution is -0.304. The smallest absolute Gasteiger partial charge is 0.245 e. The Morgan fingerprint density at radius 2 is 1.80 bits per heavy atom. The van der Waals surface area contributed by atoms with Gasteiger partial charge in [-0.25, -0.2) is 17.8 Å². The Bertz CT molecular complexity index is 727. The van der Waals surface area contributed by atoms with E-state index in [0.717, 1.165) is 11.3 Å². The summed E-state index contributed by atoms with van der Waals surface area (Å²) in [5, 5.41) is 10.8. The number of sulfonamides is 1. The topological polar surface area (TPSA) is 97.8 Å². The van der Waals surface area contributed by atoms with Crippen molar-refractivity contribution in [2.45, 2.75) is 68.3 Å². The van der Waals surface area contributed by atoms with E-state index in [0.29, 0.717) is 0 Å². The summed E-state index contributed by atoms with van der Waals surface area (Å²) in [6.07, 6.45) is 1.28. The summed E-state index contributed by atoms with van der Waals surface area (Å²) in [6.45, 7) is 13.6. The molecule has 1 aromatic rings. The number of nitrogens with zero attached hydrogens (tertiary/aromatic N) is 1. The fourth-order valence-electron chi connectivity index (χ4n) is 1.93. The molecule has 7 nitrogen and oxygen atoms in total. The molecule has 2 rings (SSSR count). The quantitative estimate of drug-likeness (QED) is 0.743. The number of nitrogens with one attached hydrogen (secondary N) is 1. The predicted molar refractivity (Wildman–Crippen MR) is 99.5 cm³/mol. The molecule has 0 radical (unpaired) electrons. The molecule has 0 aliphatic carbocycles. The van der Waals surface area contributed by atoms with Crippen LogP contribution in [0.4, 0.5) is 0 Å². The van der Waals surface area contributed by atoms with Gasteiger partial charge in [-0.1, -0.05) is 33.9 Å². The van der Waals surface area contributed by atoms with Gasteiger partial charge >= 0.3 is 0 Å². The molecule has 1 fully saturated rings. The minimum atomic E-state index is -3.69. The van der Waals surface area contributed by atoms with Crippen LogP contribution in [0.3, 0.4) is 0 Å². The molecule has 2 heterocycles. The zero-order valence-corrected chi connectivity index (χ0v) is 18.5. The van der Waals surface area contributed by atoms with Crippen LogP contribution >= 0.6 is 11.3 Å². The molecule has 144 valence electrons. The zero-order valence-electron chi connectivity index (χ0n) is 15.8. The summed E-state index contributed by atoms with van der Waals surface area (Å²) in [6, 6.07) is 0. The summed E-state index contributed by atoms with van der Waals surface area (Å²) >= 11 is 0.947. The molecule has 0 amide bonds. The van der Waals surface area contributed by atoms with Gasteiger partial charge in [-0.05, 0) is 18.9 Å². The molecule has 0 aromatic carbocycles. The van der Waals surface area contributed by atoms with Crippen LogP contribution in [0.1, 0.15) is 39.6 Å². The van der Waals surface area contributed by atoms with Gasteiger partial charge in [0, 0.05) is 0 Å². The van der Waals surface area contributed by atoms with Crippen molar-refractivity contribution in [3.63, 3.8) is 0 Å². The first-order chi connectivity index (χ1) is 11.1. The Balaban J connectivity index is 2.23. The molecule has 0 unspecified atom stereocenters. The molecule has 10 heteroatoms. The molecule has 0 saturated carbocycles. The fourth-order valence-corrected chi connectivity index (χ4v) is 8.20. The van der Waals surface area contributed by atoms with E-state index < -0.39 is 29.6 Å². The Morgan fingerprint density at radius 3 is 2.28 bits per heavy atom. The molecule has 1 aliphatic rings. The Hall–Kier alpha value is -0.363. The largest absolute Gasteiger partial charge is 0.378 e. The van der Waals surface area contributed by atoms with Gasteiger partial charge in [-0.15, -0.1) is 11.3 Å². The number of rotatable bonds is 4. The van der Waals surface area contributed by atoms with E-state index in [1.807, 2.05) is 33.9 Å². The van der Waals surface area contributed by atoms with E-state index in [2.05, 4.69) is 9.37 Å². The molecule has 0 spiro atoms. The Kier molecular flexibility index (Phi) is 5.33. The molecule has 1 aromatic heterocycles. The van der Waals surface area contributed by atoms with Gasteiger partial charge in [0.15, 0.2) is 15.6 Å². The van der Waals surface area contributed by atoms with Gasteiger partial charge in [0.1, 0.15) is 13.2 Å². The van der Waals surface area contributed by atoms with Gasteiger partial charge in [0.05, 0.1) is 19.4 Å². The number of hydrogen-bond donors (Lipinski definition) is 2. The van der Waals surface area contributed by atoms with Crippen molar-refractivity contribution in [1.82, 2.24) is 9.37 Å². The van der Waals surface area contributed by atoms with Crippen LogP contribution in [-0.4, -0.2) is 45.7 Å². The number of ether oxygens (including phenoxy) is 2. The number of thiazole rings is 1. The lowest BCUT2D eigenvalue weighted by Gasteiger charge is -2.39. The van der Waals surface area contributed by atoms with Crippen molar-refractivity contribution in [2.75, 3.05) is 13.2 Å². The third kappa shape index (κ3) is 4.49. The van der Waals surface area contributed by atoms with Crippen LogP contribution in [0, 0.1) is 0 Å². The van der Waals surface area contributed by atoms with Crippen LogP contribution in [0.25, 0.3) is 0 Å². The monoisotopic (exact) mass is 408 g/mol. The van der Waals surface area contributed by atoms with E-state index in [1.165, 1.54) is 6.20 Å². The van der Waals surface area contributed by atoms with Gasteiger partial charge in [0.2, 0.25) is 10.0 Å². The first-order valence-corrected chi connectivity index (χ1v) is 13.4. The number of aromatic nitrogens is 1. The molecule has 0 bridgehead atoms. The first-order valence-electron chi connectivity index (χ1n) is 8.09. The maximum absolute atomic E-state index is 12.7. The molecule has 1 saturated heterocycles. The van der Waals surface area contributed by atoms with Crippen LogP contribution < -0.4 is 4.39 Å². The van der Waals surface area contributed by atoms with Crippen molar-refractivity contribution >= 4 is 29.6 Å². The summed E-state index contributed by atoms with van der Waals surface area (Å²) in [5.74, 6) is -0.776. The minimum Gasteiger partial charge on any atom is -0.378 e. The van der Waals surface area contributed by atoms with Crippen LogP contribution in [0.2, 0.25) is 18.1 Å². The average Bonchev–Trinajstić information content (AvgIpc) is 2.91. The lowest BCUT2D eigenvalue weighted by atomic mass is 10.1. The van der Waals surface area contributed by atoms with Gasteiger partial charge in [-0.2, -0.15) is 0 Å². The molecule has 25 heavy (non-hydrogen) atoms. The second-order valence-corrected chi connectivity index (χ2v) is 16.8. The van der Waals surface area contributed by atoms with Crippen LogP contribution in [-0.2, 0) is 25.1 Å². The third-order valence-corrected chi connectivity index (χ3v) is 14.1. The van der Waals surface area contributed by atoms with Crippen LogP contribution in [0.15, 0.2) is 10.4 Å². The fraction of sp³-hybridized carbons (Fsp3) is 0.800. The van der Waals surface area contributed by atoms with Gasteiger partial charge in [-0.3, -0.25) is 0 Å². The van der Waals surface area contributed by atoms with Crippen molar-refractivity contribution in [1.29, 1.82) is 0 Å². The van der Waals surface area contributed by atoms with Crippen molar-refractivity contribution in [3.05, 3.63) is 11.2 Å². The summed E-state index contributed by atoms with van der Waals surface area (Å²) in [7, 11) is -5.96. The van der Waals surface area contributed by atoms with Crippen molar-refractivity contribution < 1.29 is 23.0 Å². The second-order valence-electron chi connectivity index (χ2n) is 8.47.